The number of piperidine rings is 1. The van der Waals surface area contributed by atoms with Gasteiger partial charge in [-0.2, -0.15) is 0 Å². The van der Waals surface area contributed by atoms with E-state index in [-0.39, 0.29) is 18.1 Å². The van der Waals surface area contributed by atoms with Crippen molar-refractivity contribution in [2.75, 3.05) is 26.8 Å². The van der Waals surface area contributed by atoms with Crippen molar-refractivity contribution in [3.8, 4) is 0 Å². The highest BCUT2D eigenvalue weighted by Crippen LogP contribution is 2.20. The Hall–Kier alpha value is -1.75. The number of ether oxygens (including phenoxy) is 1. The number of methoxy groups -OCH3 is 1. The molecule has 1 aromatic carbocycles. The molecule has 0 spiro atoms. The Morgan fingerprint density at radius 3 is 2.65 bits per heavy atom. The number of benzene rings is 1. The lowest BCUT2D eigenvalue weighted by molar-refractivity contribution is -0.133. The summed E-state index contributed by atoms with van der Waals surface area (Å²) in [5.41, 5.74) is 0.323. The highest BCUT2D eigenvalue weighted by Gasteiger charge is 2.26. The predicted molar refractivity (Wildman–Crippen MR) is 85.7 cm³/mol. The van der Waals surface area contributed by atoms with Gasteiger partial charge in [0.2, 0.25) is 5.91 Å². The fourth-order valence-corrected chi connectivity index (χ4v) is 2.99. The molecule has 0 bridgehead atoms. The van der Waals surface area contributed by atoms with E-state index in [1.165, 1.54) is 18.2 Å². The van der Waals surface area contributed by atoms with Crippen molar-refractivity contribution in [2.24, 2.45) is 11.8 Å². The van der Waals surface area contributed by atoms with Crippen LogP contribution in [0.4, 0.5) is 4.39 Å². The van der Waals surface area contributed by atoms with Gasteiger partial charge >= 0.3 is 0 Å². The van der Waals surface area contributed by atoms with Gasteiger partial charge in [-0.3, -0.25) is 9.59 Å². The maximum absolute atomic E-state index is 13.2. The Labute approximate surface area is 136 Å². The van der Waals surface area contributed by atoms with Gasteiger partial charge in [0, 0.05) is 44.7 Å². The molecule has 2 rings (SSSR count). The summed E-state index contributed by atoms with van der Waals surface area (Å²) in [7, 11) is 1.69. The summed E-state index contributed by atoms with van der Waals surface area (Å²) in [6.07, 6.45) is 2.04. The van der Waals surface area contributed by atoms with Gasteiger partial charge in [0.15, 0.2) is 5.78 Å². The van der Waals surface area contributed by atoms with E-state index in [2.05, 4.69) is 0 Å². The molecule has 1 aliphatic rings. The molecule has 0 N–H and O–H groups in total. The average molecular weight is 321 g/mol. The molecule has 5 heteroatoms. The van der Waals surface area contributed by atoms with Crippen LogP contribution in [0.3, 0.4) is 0 Å². The third-order valence-corrected chi connectivity index (χ3v) is 4.41. The van der Waals surface area contributed by atoms with E-state index in [9.17, 15) is 14.0 Å². The first kappa shape index (κ1) is 17.6. The molecule has 1 aliphatic heterocycles. The van der Waals surface area contributed by atoms with Crippen LogP contribution in [0.2, 0.25) is 0 Å². The van der Waals surface area contributed by atoms with E-state index < -0.39 is 11.7 Å². The molecule has 0 aromatic heterocycles. The largest absolute Gasteiger partial charge is 0.384 e. The number of rotatable bonds is 6. The molecule has 1 saturated heterocycles. The van der Waals surface area contributed by atoms with Gasteiger partial charge in [0.25, 0.3) is 0 Å². The van der Waals surface area contributed by atoms with Crippen molar-refractivity contribution < 1.29 is 18.7 Å². The molecule has 0 aliphatic carbocycles. The molecule has 1 heterocycles. The highest BCUT2D eigenvalue weighted by molar-refractivity contribution is 5.99. The van der Waals surface area contributed by atoms with Gasteiger partial charge in [0.1, 0.15) is 5.82 Å². The normalized spacial score (nSPS) is 17.1. The van der Waals surface area contributed by atoms with Crippen LogP contribution in [-0.2, 0) is 9.53 Å². The Bertz CT molecular complexity index is 553. The second-order valence-electron chi connectivity index (χ2n) is 6.26. The molecule has 1 atom stereocenters. The lowest BCUT2D eigenvalue weighted by Gasteiger charge is -2.32. The van der Waals surface area contributed by atoms with Crippen LogP contribution in [0.25, 0.3) is 0 Å². The molecule has 126 valence electrons. The number of amides is 1. The molecular weight excluding hydrogens is 297 g/mol. The molecule has 1 amide bonds. The van der Waals surface area contributed by atoms with E-state index in [1.807, 2.05) is 4.90 Å². The van der Waals surface area contributed by atoms with Gasteiger partial charge in [0.05, 0.1) is 0 Å². The first-order valence-electron chi connectivity index (χ1n) is 8.07. The van der Waals surface area contributed by atoms with Crippen LogP contribution in [0.15, 0.2) is 24.3 Å². The van der Waals surface area contributed by atoms with Gasteiger partial charge in [-0.05, 0) is 30.9 Å². The second kappa shape index (κ2) is 8.20. The number of hydrogen-bond donors (Lipinski definition) is 0. The van der Waals surface area contributed by atoms with Crippen LogP contribution in [0.5, 0.6) is 0 Å². The lowest BCUT2D eigenvalue weighted by atomic mass is 9.94. The van der Waals surface area contributed by atoms with Gasteiger partial charge in [-0.15, -0.1) is 0 Å². The molecule has 1 fully saturated rings. The predicted octanol–water partition coefficient (Wildman–Crippen LogP) is 2.92. The van der Waals surface area contributed by atoms with Crippen LogP contribution in [0.1, 0.15) is 36.5 Å². The van der Waals surface area contributed by atoms with Crippen molar-refractivity contribution in [3.05, 3.63) is 35.6 Å². The third-order valence-electron chi connectivity index (χ3n) is 4.41. The summed E-state index contributed by atoms with van der Waals surface area (Å²) < 4.78 is 18.4. The molecule has 0 radical (unpaired) electrons. The fraction of sp³-hybridized carbons (Fsp3) is 0.556. The van der Waals surface area contributed by atoms with E-state index in [0.29, 0.717) is 24.6 Å². The molecule has 1 aromatic rings. The standard InChI is InChI=1S/C18H24FNO3/c1-13(18(22)15-4-3-5-16(19)11-15)10-17(21)20-8-6-14(7-9-20)12-23-2/h3-5,11,13-14H,6-10,12H2,1-2H3. The number of halogens is 1. The number of hydrogen-bond acceptors (Lipinski definition) is 3. The number of Topliss-reactive ketones (excluding diaryl/α,β-unsaturated/α-hetero) is 1. The average Bonchev–Trinajstić information content (AvgIpc) is 2.55. The lowest BCUT2D eigenvalue weighted by Crippen LogP contribution is -2.40. The number of likely N-dealkylation sites (tertiary alicyclic amines) is 1. The Balaban J connectivity index is 1.86. The van der Waals surface area contributed by atoms with Crippen molar-refractivity contribution >= 4 is 11.7 Å². The smallest absolute Gasteiger partial charge is 0.223 e. The minimum Gasteiger partial charge on any atom is -0.384 e. The monoisotopic (exact) mass is 321 g/mol. The first-order valence-corrected chi connectivity index (χ1v) is 8.07. The fourth-order valence-electron chi connectivity index (χ4n) is 2.99. The summed E-state index contributed by atoms with van der Waals surface area (Å²) in [5, 5.41) is 0. The molecule has 4 nitrogen and oxygen atoms in total. The summed E-state index contributed by atoms with van der Waals surface area (Å²) >= 11 is 0. The Kier molecular flexibility index (Phi) is 6.28. The highest BCUT2D eigenvalue weighted by atomic mass is 19.1. The summed E-state index contributed by atoms with van der Waals surface area (Å²) in [6, 6.07) is 5.62. The quantitative estimate of drug-likeness (QED) is 0.757. The third kappa shape index (κ3) is 4.86. The van der Waals surface area contributed by atoms with Crippen molar-refractivity contribution in [3.63, 3.8) is 0 Å². The van der Waals surface area contributed by atoms with Crippen LogP contribution < -0.4 is 0 Å². The molecule has 1 unspecified atom stereocenters. The zero-order chi connectivity index (χ0) is 16.8. The van der Waals surface area contributed by atoms with Crippen molar-refractivity contribution in [1.82, 2.24) is 4.90 Å². The van der Waals surface area contributed by atoms with E-state index in [0.717, 1.165) is 19.4 Å². The number of ketones is 1. The SMILES string of the molecule is COCC1CCN(C(=O)CC(C)C(=O)c2cccc(F)c2)CC1. The maximum Gasteiger partial charge on any atom is 0.223 e. The maximum atomic E-state index is 13.2. The number of nitrogens with zero attached hydrogens (tertiary/aromatic N) is 1. The van der Waals surface area contributed by atoms with Gasteiger partial charge in [-0.1, -0.05) is 19.1 Å². The minimum absolute atomic E-state index is 0.00174. The van der Waals surface area contributed by atoms with Gasteiger partial charge in [-0.25, -0.2) is 4.39 Å². The summed E-state index contributed by atoms with van der Waals surface area (Å²) in [4.78, 5) is 26.5. The van der Waals surface area contributed by atoms with Gasteiger partial charge < -0.3 is 9.64 Å². The van der Waals surface area contributed by atoms with E-state index in [4.69, 9.17) is 4.74 Å². The van der Waals surface area contributed by atoms with Crippen LogP contribution in [0, 0.1) is 17.7 Å². The molecule has 23 heavy (non-hydrogen) atoms. The topological polar surface area (TPSA) is 46.6 Å². The number of carbonyl (C=O) groups is 2. The Morgan fingerprint density at radius 1 is 1.35 bits per heavy atom. The van der Waals surface area contributed by atoms with Crippen molar-refractivity contribution in [2.45, 2.75) is 26.2 Å². The Morgan fingerprint density at radius 2 is 2.04 bits per heavy atom. The van der Waals surface area contributed by atoms with Crippen LogP contribution in [-0.4, -0.2) is 43.4 Å². The number of carbonyl (C=O) groups excluding carboxylic acids is 2. The minimum atomic E-state index is -0.444. The second-order valence-corrected chi connectivity index (χ2v) is 6.26. The zero-order valence-corrected chi connectivity index (χ0v) is 13.8. The molecular formula is C18H24FNO3. The summed E-state index contributed by atoms with van der Waals surface area (Å²) in [5.74, 6) is -0.559. The molecule has 0 saturated carbocycles. The summed E-state index contributed by atoms with van der Waals surface area (Å²) in [6.45, 7) is 3.89. The zero-order valence-electron chi connectivity index (χ0n) is 13.8. The van der Waals surface area contributed by atoms with E-state index >= 15 is 0 Å². The van der Waals surface area contributed by atoms with Crippen LogP contribution >= 0.6 is 0 Å². The van der Waals surface area contributed by atoms with Crippen molar-refractivity contribution in [1.29, 1.82) is 0 Å². The van der Waals surface area contributed by atoms with E-state index in [1.54, 1.807) is 20.1 Å². The first-order chi connectivity index (χ1) is 11.0.